The molecule has 1 amide bonds. The Kier molecular flexibility index (Phi) is 3.31. The van der Waals surface area contributed by atoms with Gasteiger partial charge in [-0.1, -0.05) is 17.7 Å². The molecule has 1 aromatic heterocycles. The zero-order valence-corrected chi connectivity index (χ0v) is 11.5. The summed E-state index contributed by atoms with van der Waals surface area (Å²) >= 11 is 5.73. The molecule has 1 aliphatic rings. The molecule has 106 valence electrons. The highest BCUT2D eigenvalue weighted by Crippen LogP contribution is 2.25. The van der Waals surface area contributed by atoms with Crippen LogP contribution in [0.1, 0.15) is 32.0 Å². The van der Waals surface area contributed by atoms with E-state index in [-0.39, 0.29) is 22.3 Å². The van der Waals surface area contributed by atoms with Crippen LogP contribution in [0.2, 0.25) is 5.15 Å². The number of carbonyl (C=O) groups excluding carboxylic acids is 1. The summed E-state index contributed by atoms with van der Waals surface area (Å²) in [7, 11) is 0. The summed E-state index contributed by atoms with van der Waals surface area (Å²) in [6.45, 7) is 0.770. The van der Waals surface area contributed by atoms with Crippen molar-refractivity contribution in [3.63, 3.8) is 0 Å². The van der Waals surface area contributed by atoms with Crippen LogP contribution in [0, 0.1) is 0 Å². The van der Waals surface area contributed by atoms with Crippen LogP contribution in [-0.4, -0.2) is 31.9 Å². The fourth-order valence-corrected chi connectivity index (χ4v) is 2.43. The first kappa shape index (κ1) is 13.5. The van der Waals surface area contributed by atoms with Crippen LogP contribution in [0.15, 0.2) is 30.6 Å². The molecule has 2 aromatic rings. The van der Waals surface area contributed by atoms with Gasteiger partial charge in [0.2, 0.25) is 0 Å². The minimum atomic E-state index is -0.983. The number of aromatic nitrogens is 2. The van der Waals surface area contributed by atoms with Crippen LogP contribution < -0.4 is 0 Å². The van der Waals surface area contributed by atoms with Gasteiger partial charge < -0.3 is 10.0 Å². The van der Waals surface area contributed by atoms with Crippen molar-refractivity contribution in [3.8, 4) is 0 Å². The van der Waals surface area contributed by atoms with Crippen molar-refractivity contribution in [2.75, 3.05) is 0 Å². The van der Waals surface area contributed by atoms with E-state index in [9.17, 15) is 9.59 Å². The van der Waals surface area contributed by atoms with Crippen LogP contribution in [-0.2, 0) is 13.1 Å². The van der Waals surface area contributed by atoms with Crippen molar-refractivity contribution < 1.29 is 14.7 Å². The number of rotatable bonds is 2. The lowest BCUT2D eigenvalue weighted by Gasteiger charge is -2.14. The lowest BCUT2D eigenvalue weighted by molar-refractivity contribution is 0.0696. The Bertz CT molecular complexity index is 748. The molecule has 21 heavy (non-hydrogen) atoms. The molecular formula is C14H10ClN3O3. The molecule has 6 nitrogen and oxygen atoms in total. The maximum Gasteiger partial charge on any atom is 0.335 e. The highest BCUT2D eigenvalue weighted by atomic mass is 35.5. The molecule has 0 saturated heterocycles. The van der Waals surface area contributed by atoms with Gasteiger partial charge in [0, 0.05) is 13.1 Å². The number of fused-ring (bicyclic) bond motifs is 1. The maximum atomic E-state index is 12.3. The van der Waals surface area contributed by atoms with E-state index in [1.54, 1.807) is 17.0 Å². The number of hydrogen-bond acceptors (Lipinski definition) is 4. The van der Waals surface area contributed by atoms with E-state index in [2.05, 4.69) is 9.97 Å². The third kappa shape index (κ3) is 2.57. The van der Waals surface area contributed by atoms with E-state index >= 15 is 0 Å². The quantitative estimate of drug-likeness (QED) is 0.917. The monoisotopic (exact) mass is 303 g/mol. The summed E-state index contributed by atoms with van der Waals surface area (Å²) in [5, 5.41) is 9.14. The fourth-order valence-electron chi connectivity index (χ4n) is 2.28. The van der Waals surface area contributed by atoms with Crippen LogP contribution in [0.5, 0.6) is 0 Å². The van der Waals surface area contributed by atoms with Crippen molar-refractivity contribution in [2.24, 2.45) is 0 Å². The predicted molar refractivity (Wildman–Crippen MR) is 74.0 cm³/mol. The molecule has 0 aliphatic carbocycles. The highest BCUT2D eigenvalue weighted by molar-refractivity contribution is 6.29. The molecule has 3 rings (SSSR count). The summed E-state index contributed by atoms with van der Waals surface area (Å²) in [6, 6.07) is 4.86. The van der Waals surface area contributed by atoms with Crippen LogP contribution in [0.3, 0.4) is 0 Å². The number of carbonyl (C=O) groups is 2. The Morgan fingerprint density at radius 2 is 1.95 bits per heavy atom. The fraction of sp³-hybridized carbons (Fsp3) is 0.143. The molecule has 1 aromatic carbocycles. The Hall–Kier alpha value is -2.47. The van der Waals surface area contributed by atoms with Gasteiger partial charge >= 0.3 is 5.97 Å². The van der Waals surface area contributed by atoms with Crippen molar-refractivity contribution in [3.05, 3.63) is 58.1 Å². The van der Waals surface area contributed by atoms with Gasteiger partial charge in [0.1, 0.15) is 10.8 Å². The number of aromatic carboxylic acids is 1. The molecule has 1 aliphatic heterocycles. The van der Waals surface area contributed by atoms with Crippen molar-refractivity contribution >= 4 is 23.5 Å². The van der Waals surface area contributed by atoms with Gasteiger partial charge in [-0.2, -0.15) is 0 Å². The number of nitrogens with zero attached hydrogens (tertiary/aromatic N) is 3. The summed E-state index contributed by atoms with van der Waals surface area (Å²) in [5.41, 5.74) is 2.15. The van der Waals surface area contributed by atoms with E-state index in [0.717, 1.165) is 11.1 Å². The van der Waals surface area contributed by atoms with Gasteiger partial charge in [-0.05, 0) is 23.3 Å². The predicted octanol–water partition coefficient (Wildman–Crippen LogP) is 1.98. The Labute approximate surface area is 125 Å². The van der Waals surface area contributed by atoms with Gasteiger partial charge in [-0.3, -0.25) is 9.78 Å². The molecule has 2 heterocycles. The largest absolute Gasteiger partial charge is 0.478 e. The van der Waals surface area contributed by atoms with E-state index in [1.165, 1.54) is 18.5 Å². The average Bonchev–Trinajstić information content (AvgIpc) is 2.89. The summed E-state index contributed by atoms with van der Waals surface area (Å²) in [4.78, 5) is 32.7. The van der Waals surface area contributed by atoms with Crippen molar-refractivity contribution in [1.29, 1.82) is 0 Å². The van der Waals surface area contributed by atoms with E-state index in [1.807, 2.05) is 0 Å². The first-order chi connectivity index (χ1) is 10.0. The topological polar surface area (TPSA) is 83.4 Å². The number of carboxylic acid groups (broad SMARTS) is 1. The smallest absolute Gasteiger partial charge is 0.335 e. The van der Waals surface area contributed by atoms with Gasteiger partial charge in [0.25, 0.3) is 5.91 Å². The van der Waals surface area contributed by atoms with Gasteiger partial charge in [0.05, 0.1) is 18.0 Å². The van der Waals surface area contributed by atoms with Crippen molar-refractivity contribution in [2.45, 2.75) is 13.1 Å². The standard InChI is InChI=1S/C14H10ClN3O3/c15-12-5-16-4-11(17-12)13(19)18-6-9-2-1-8(14(20)21)3-10(9)7-18/h1-5H,6-7H2,(H,20,21). The zero-order chi connectivity index (χ0) is 15.0. The maximum absolute atomic E-state index is 12.3. The molecule has 0 radical (unpaired) electrons. The third-order valence-electron chi connectivity index (χ3n) is 3.29. The Balaban J connectivity index is 1.84. The highest BCUT2D eigenvalue weighted by Gasteiger charge is 2.26. The number of carboxylic acids is 1. The summed E-state index contributed by atoms with van der Waals surface area (Å²) in [6.07, 6.45) is 2.72. The molecular weight excluding hydrogens is 294 g/mol. The molecule has 0 bridgehead atoms. The minimum absolute atomic E-state index is 0.158. The first-order valence-corrected chi connectivity index (χ1v) is 6.54. The molecule has 0 fully saturated rings. The number of halogens is 1. The SMILES string of the molecule is O=C(O)c1ccc2c(c1)CN(C(=O)c1cncc(Cl)n1)C2. The summed E-state index contributed by atoms with van der Waals surface area (Å²) in [5.74, 6) is -1.26. The van der Waals surface area contributed by atoms with E-state index in [4.69, 9.17) is 16.7 Å². The van der Waals surface area contributed by atoms with Crippen LogP contribution in [0.4, 0.5) is 0 Å². The molecule has 0 unspecified atom stereocenters. The number of hydrogen-bond donors (Lipinski definition) is 1. The zero-order valence-electron chi connectivity index (χ0n) is 10.8. The second kappa shape index (κ2) is 5.14. The Morgan fingerprint density at radius 3 is 2.67 bits per heavy atom. The van der Waals surface area contributed by atoms with Gasteiger partial charge in [-0.15, -0.1) is 0 Å². The minimum Gasteiger partial charge on any atom is -0.478 e. The van der Waals surface area contributed by atoms with Gasteiger partial charge in [0.15, 0.2) is 0 Å². The van der Waals surface area contributed by atoms with Crippen molar-refractivity contribution in [1.82, 2.24) is 14.9 Å². The lowest BCUT2D eigenvalue weighted by atomic mass is 10.1. The second-order valence-electron chi connectivity index (χ2n) is 4.68. The molecule has 1 N–H and O–H groups in total. The number of benzene rings is 1. The normalized spacial score (nSPS) is 13.1. The molecule has 7 heteroatoms. The molecule has 0 spiro atoms. The summed E-state index contributed by atoms with van der Waals surface area (Å²) < 4.78 is 0. The average molecular weight is 304 g/mol. The van der Waals surface area contributed by atoms with Gasteiger partial charge in [-0.25, -0.2) is 9.78 Å². The second-order valence-corrected chi connectivity index (χ2v) is 5.06. The van der Waals surface area contributed by atoms with Crippen LogP contribution >= 0.6 is 11.6 Å². The third-order valence-corrected chi connectivity index (χ3v) is 3.47. The first-order valence-electron chi connectivity index (χ1n) is 6.16. The number of amides is 1. The molecule has 0 atom stereocenters. The Morgan fingerprint density at radius 1 is 1.19 bits per heavy atom. The van der Waals surface area contributed by atoms with E-state index in [0.29, 0.717) is 13.1 Å². The van der Waals surface area contributed by atoms with E-state index < -0.39 is 5.97 Å². The lowest BCUT2D eigenvalue weighted by Crippen LogP contribution is -2.26. The molecule has 0 saturated carbocycles. The van der Waals surface area contributed by atoms with Crippen LogP contribution in [0.25, 0.3) is 0 Å².